The number of carbonyl (C=O) groups excluding carboxylic acids is 4. The van der Waals surface area contributed by atoms with Gasteiger partial charge in [-0.3, -0.25) is 19.3 Å². The lowest BCUT2D eigenvalue weighted by atomic mass is 9.85. The van der Waals surface area contributed by atoms with Crippen LogP contribution in [0.2, 0.25) is 0 Å². The van der Waals surface area contributed by atoms with Gasteiger partial charge in [0, 0.05) is 37.3 Å². The molecular weight excluding hydrogens is 799 g/mol. The van der Waals surface area contributed by atoms with E-state index >= 15 is 0 Å². The van der Waals surface area contributed by atoms with Crippen LogP contribution in [0.15, 0.2) is 133 Å². The number of amides is 4. The normalized spacial score (nSPS) is 22.3. The number of nitrogens with one attached hydrogen (secondary N) is 2. The summed E-state index contributed by atoms with van der Waals surface area (Å²) in [5, 5.41) is 15.4. The molecule has 5 aromatic carbocycles. The second-order valence-electron chi connectivity index (χ2n) is 16.7. The van der Waals surface area contributed by atoms with E-state index in [1.165, 1.54) is 4.90 Å². The molecule has 1 spiro atoms. The highest BCUT2D eigenvalue weighted by molar-refractivity contribution is 6.06. The molecule has 13 nitrogen and oxygen atoms in total. The number of rotatable bonds is 12. The molecule has 3 N–H and O–H groups in total. The van der Waals surface area contributed by atoms with Gasteiger partial charge < -0.3 is 39.8 Å². The molecule has 4 aliphatic rings. The second-order valence-corrected chi connectivity index (χ2v) is 16.7. The van der Waals surface area contributed by atoms with E-state index in [0.717, 1.165) is 57.7 Å². The summed E-state index contributed by atoms with van der Waals surface area (Å²) in [5.41, 5.74) is 6.47. The molecule has 0 bridgehead atoms. The average molecular weight is 850 g/mol. The van der Waals surface area contributed by atoms with Crippen LogP contribution < -0.4 is 15.5 Å². The lowest BCUT2D eigenvalue weighted by molar-refractivity contribution is -0.253. The summed E-state index contributed by atoms with van der Waals surface area (Å²) in [6, 6.07) is 41.8. The van der Waals surface area contributed by atoms with Crippen molar-refractivity contribution < 1.29 is 38.5 Å². The van der Waals surface area contributed by atoms with Crippen LogP contribution in [0.1, 0.15) is 65.9 Å². The number of alkyl carbamates (subject to hydrolysis) is 1. The number of hydrogen-bond donors (Lipinski definition) is 3. The first-order valence-electron chi connectivity index (χ1n) is 21.6. The molecule has 4 atom stereocenters. The van der Waals surface area contributed by atoms with E-state index in [1.54, 1.807) is 0 Å². The van der Waals surface area contributed by atoms with Crippen molar-refractivity contribution in [2.24, 2.45) is 0 Å². The predicted octanol–water partition coefficient (Wildman–Crippen LogP) is 6.37. The van der Waals surface area contributed by atoms with Crippen molar-refractivity contribution in [2.45, 2.75) is 75.5 Å². The SMILES string of the molecule is O=C(NC1CC(=O)N(Cc2ccccc2-c2ccc([C@H]3O[C@@H](CN4CCC5(CC4)C(=O)NCN5c4ccccc4)C[C@@H](c4ccc(CO)cc4)O3)cc2)C1=O)OCc1ccccc1. The molecule has 0 radical (unpaired) electrons. The molecule has 324 valence electrons. The molecule has 5 aromatic rings. The van der Waals surface area contributed by atoms with E-state index in [2.05, 4.69) is 32.6 Å². The van der Waals surface area contributed by atoms with Gasteiger partial charge in [0.25, 0.3) is 5.91 Å². The largest absolute Gasteiger partial charge is 0.445 e. The topological polar surface area (TPSA) is 150 Å². The molecule has 4 saturated heterocycles. The third kappa shape index (κ3) is 9.09. The number of aliphatic hydroxyl groups is 1. The smallest absolute Gasteiger partial charge is 0.408 e. The van der Waals surface area contributed by atoms with Gasteiger partial charge in [0.2, 0.25) is 11.8 Å². The third-order valence-corrected chi connectivity index (χ3v) is 12.8. The number of ether oxygens (including phenoxy) is 3. The summed E-state index contributed by atoms with van der Waals surface area (Å²) in [4.78, 5) is 58.2. The van der Waals surface area contributed by atoms with Crippen LogP contribution in [0.5, 0.6) is 0 Å². The minimum absolute atomic E-state index is 0.0415. The number of aliphatic hydroxyl groups excluding tert-OH is 1. The maximum absolute atomic E-state index is 13.4. The van der Waals surface area contributed by atoms with Crippen LogP contribution in [0.25, 0.3) is 11.1 Å². The van der Waals surface area contributed by atoms with Gasteiger partial charge in [-0.1, -0.05) is 121 Å². The monoisotopic (exact) mass is 849 g/mol. The molecule has 4 heterocycles. The molecule has 9 rings (SSSR count). The summed E-state index contributed by atoms with van der Waals surface area (Å²) in [6.45, 7) is 2.73. The number of likely N-dealkylation sites (tertiary alicyclic amines) is 2. The highest BCUT2D eigenvalue weighted by Gasteiger charge is 2.50. The second kappa shape index (κ2) is 18.5. The first-order chi connectivity index (χ1) is 30.8. The lowest BCUT2D eigenvalue weighted by Gasteiger charge is -2.45. The summed E-state index contributed by atoms with van der Waals surface area (Å²) in [5.74, 6) is -0.767. The van der Waals surface area contributed by atoms with Crippen LogP contribution >= 0.6 is 0 Å². The average Bonchev–Trinajstić information content (AvgIpc) is 3.78. The Hall–Kier alpha value is -6.38. The molecule has 4 fully saturated rings. The standard InChI is InChI=1S/C50H51N5O8/c56-31-34-15-17-37(18-16-34)44-27-41(30-53-25-23-50(24-26-53)48(59)51-33-55(50)40-12-5-2-6-13-40)62-47(63-44)38-21-19-36(20-22-38)42-14-8-7-11-39(42)29-54-45(57)28-43(46(54)58)52-49(60)61-32-35-9-3-1-4-10-35/h1-22,41,43-44,47,56H,23-33H2,(H,51,59)(H,52,60)/t41-,43?,44+,47+/m1/s1. The van der Waals surface area contributed by atoms with Gasteiger partial charge >= 0.3 is 6.09 Å². The Morgan fingerprint density at radius 2 is 1.48 bits per heavy atom. The Kier molecular flexibility index (Phi) is 12.3. The molecule has 0 aliphatic carbocycles. The highest BCUT2D eigenvalue weighted by Crippen LogP contribution is 2.41. The van der Waals surface area contributed by atoms with Gasteiger partial charge in [0.05, 0.1) is 38.4 Å². The van der Waals surface area contributed by atoms with Gasteiger partial charge in [-0.2, -0.15) is 0 Å². The fraction of sp³-hybridized carbons (Fsp3) is 0.320. The first kappa shape index (κ1) is 41.9. The predicted molar refractivity (Wildman–Crippen MR) is 234 cm³/mol. The fourth-order valence-corrected chi connectivity index (χ4v) is 9.26. The number of para-hydroxylation sites is 1. The first-order valence-corrected chi connectivity index (χ1v) is 21.6. The van der Waals surface area contributed by atoms with Crippen LogP contribution in [0.3, 0.4) is 0 Å². The van der Waals surface area contributed by atoms with E-state index in [4.69, 9.17) is 14.2 Å². The highest BCUT2D eigenvalue weighted by atomic mass is 16.7. The van der Waals surface area contributed by atoms with E-state index in [1.807, 2.05) is 121 Å². The van der Waals surface area contributed by atoms with Crippen molar-refractivity contribution in [3.63, 3.8) is 0 Å². The van der Waals surface area contributed by atoms with Crippen LogP contribution in [-0.4, -0.2) is 82.7 Å². The van der Waals surface area contributed by atoms with Crippen molar-refractivity contribution in [2.75, 3.05) is 31.2 Å². The molecule has 1 unspecified atom stereocenters. The zero-order valence-corrected chi connectivity index (χ0v) is 34.9. The van der Waals surface area contributed by atoms with Crippen LogP contribution in [0.4, 0.5) is 10.5 Å². The third-order valence-electron chi connectivity index (χ3n) is 12.8. The van der Waals surface area contributed by atoms with Crippen LogP contribution in [0, 0.1) is 0 Å². The maximum atomic E-state index is 13.4. The Balaban J connectivity index is 0.872. The van der Waals surface area contributed by atoms with Crippen molar-refractivity contribution in [3.05, 3.63) is 161 Å². The summed E-state index contributed by atoms with van der Waals surface area (Å²) in [7, 11) is 0. The Morgan fingerprint density at radius 1 is 0.794 bits per heavy atom. The Labute approximate surface area is 366 Å². The Morgan fingerprint density at radius 3 is 2.21 bits per heavy atom. The minimum Gasteiger partial charge on any atom is -0.445 e. The quantitative estimate of drug-likeness (QED) is 0.121. The molecule has 4 aliphatic heterocycles. The number of piperidine rings is 1. The number of imide groups is 1. The number of nitrogens with zero attached hydrogens (tertiary/aromatic N) is 3. The zero-order chi connectivity index (χ0) is 43.3. The fourth-order valence-electron chi connectivity index (χ4n) is 9.26. The van der Waals surface area contributed by atoms with Crippen molar-refractivity contribution in [1.82, 2.24) is 20.4 Å². The molecule has 0 saturated carbocycles. The molecular formula is C50H51N5O8. The van der Waals surface area contributed by atoms with E-state index < -0.39 is 29.9 Å². The number of benzene rings is 5. The van der Waals surface area contributed by atoms with Gasteiger partial charge in [-0.15, -0.1) is 0 Å². The number of carbonyl (C=O) groups is 4. The van der Waals surface area contributed by atoms with Gasteiger partial charge in [0.1, 0.15) is 18.2 Å². The molecule has 4 amide bonds. The van der Waals surface area contributed by atoms with Gasteiger partial charge in [-0.25, -0.2) is 4.79 Å². The molecule has 13 heteroatoms. The number of anilines is 1. The van der Waals surface area contributed by atoms with E-state index in [9.17, 15) is 24.3 Å². The van der Waals surface area contributed by atoms with Crippen molar-refractivity contribution >= 4 is 29.5 Å². The zero-order valence-electron chi connectivity index (χ0n) is 34.9. The van der Waals surface area contributed by atoms with Crippen LogP contribution in [-0.2, 0) is 48.4 Å². The maximum Gasteiger partial charge on any atom is 0.408 e. The van der Waals surface area contributed by atoms with Gasteiger partial charge in [-0.05, 0) is 58.4 Å². The van der Waals surface area contributed by atoms with Crippen molar-refractivity contribution in [1.29, 1.82) is 0 Å². The minimum atomic E-state index is -1.01. The number of hydrogen-bond acceptors (Lipinski definition) is 10. The molecule has 63 heavy (non-hydrogen) atoms. The van der Waals surface area contributed by atoms with Gasteiger partial charge in [0.15, 0.2) is 6.29 Å². The summed E-state index contributed by atoms with van der Waals surface area (Å²) in [6.07, 6.45) is 0.0588. The molecule has 0 aromatic heterocycles. The summed E-state index contributed by atoms with van der Waals surface area (Å²) < 4.78 is 18.7. The van der Waals surface area contributed by atoms with Crippen molar-refractivity contribution in [3.8, 4) is 11.1 Å². The van der Waals surface area contributed by atoms with E-state index in [0.29, 0.717) is 32.5 Å². The summed E-state index contributed by atoms with van der Waals surface area (Å²) >= 11 is 0. The Bertz CT molecular complexity index is 2410. The van der Waals surface area contributed by atoms with E-state index in [-0.39, 0.29) is 50.2 Å². The lowest BCUT2D eigenvalue weighted by Crippen LogP contribution is -2.57.